The Bertz CT molecular complexity index is 991. The summed E-state index contributed by atoms with van der Waals surface area (Å²) in [5.41, 5.74) is 2.10. The van der Waals surface area contributed by atoms with Crippen LogP contribution < -0.4 is 10.9 Å². The average molecular weight is 338 g/mol. The van der Waals surface area contributed by atoms with E-state index >= 15 is 0 Å². The summed E-state index contributed by atoms with van der Waals surface area (Å²) in [4.78, 5) is 27.8. The van der Waals surface area contributed by atoms with Crippen LogP contribution in [0.1, 0.15) is 22.1 Å². The van der Waals surface area contributed by atoms with Crippen LogP contribution in [0.15, 0.2) is 47.4 Å². The largest absolute Gasteiger partial charge is 0.377 e. The smallest absolute Gasteiger partial charge is 0.267 e. The Morgan fingerprint density at radius 3 is 3.04 bits per heavy atom. The van der Waals surface area contributed by atoms with Gasteiger partial charge in [0.05, 0.1) is 24.9 Å². The van der Waals surface area contributed by atoms with Crippen molar-refractivity contribution in [2.45, 2.75) is 19.0 Å². The SMILES string of the molecule is Cc1ccc(=O)n(C2COCC2NC(=O)c2ccc3[nH]ccc3c2)n1. The zero-order valence-electron chi connectivity index (χ0n) is 13.7. The summed E-state index contributed by atoms with van der Waals surface area (Å²) < 4.78 is 6.90. The number of H-pyrrole nitrogens is 1. The van der Waals surface area contributed by atoms with Gasteiger partial charge >= 0.3 is 0 Å². The zero-order chi connectivity index (χ0) is 17.4. The third-order valence-corrected chi connectivity index (χ3v) is 4.45. The van der Waals surface area contributed by atoms with E-state index in [-0.39, 0.29) is 23.6 Å². The maximum absolute atomic E-state index is 12.6. The molecule has 0 spiro atoms. The number of carbonyl (C=O) groups excluding carboxylic acids is 1. The minimum absolute atomic E-state index is 0.190. The molecule has 4 rings (SSSR count). The Kier molecular flexibility index (Phi) is 3.85. The van der Waals surface area contributed by atoms with Gasteiger partial charge in [0.25, 0.3) is 11.5 Å². The number of hydrogen-bond donors (Lipinski definition) is 2. The molecule has 2 aromatic heterocycles. The van der Waals surface area contributed by atoms with E-state index in [4.69, 9.17) is 4.74 Å². The molecule has 0 radical (unpaired) electrons. The van der Waals surface area contributed by atoms with Crippen LogP contribution in [-0.2, 0) is 4.74 Å². The fourth-order valence-electron chi connectivity index (χ4n) is 3.13. The number of hydrogen-bond acceptors (Lipinski definition) is 4. The zero-order valence-corrected chi connectivity index (χ0v) is 13.7. The normalized spacial score (nSPS) is 20.0. The number of aromatic amines is 1. The number of amides is 1. The number of benzene rings is 1. The summed E-state index contributed by atoms with van der Waals surface area (Å²) in [6.07, 6.45) is 1.84. The fourth-order valence-corrected chi connectivity index (χ4v) is 3.13. The van der Waals surface area contributed by atoms with Crippen molar-refractivity contribution in [3.05, 3.63) is 64.2 Å². The third kappa shape index (κ3) is 2.94. The summed E-state index contributed by atoms with van der Waals surface area (Å²) in [7, 11) is 0. The van der Waals surface area contributed by atoms with Crippen LogP contribution in [-0.4, -0.2) is 39.9 Å². The van der Waals surface area contributed by atoms with Crippen molar-refractivity contribution in [1.82, 2.24) is 20.1 Å². The van der Waals surface area contributed by atoms with E-state index in [1.165, 1.54) is 10.7 Å². The summed E-state index contributed by atoms with van der Waals surface area (Å²) in [6, 6.07) is 9.95. The van der Waals surface area contributed by atoms with Gasteiger partial charge in [0.2, 0.25) is 0 Å². The lowest BCUT2D eigenvalue weighted by Gasteiger charge is -2.20. The van der Waals surface area contributed by atoms with Crippen molar-refractivity contribution in [1.29, 1.82) is 0 Å². The monoisotopic (exact) mass is 338 g/mol. The summed E-state index contributed by atoms with van der Waals surface area (Å²) >= 11 is 0. The second-order valence-electron chi connectivity index (χ2n) is 6.22. The van der Waals surface area contributed by atoms with Crippen LogP contribution in [0.25, 0.3) is 10.9 Å². The van der Waals surface area contributed by atoms with Gasteiger partial charge in [0.15, 0.2) is 0 Å². The summed E-state index contributed by atoms with van der Waals surface area (Å²) in [5, 5.41) is 8.24. The van der Waals surface area contributed by atoms with Gasteiger partial charge in [-0.1, -0.05) is 0 Å². The van der Waals surface area contributed by atoms with E-state index in [1.54, 1.807) is 12.1 Å². The van der Waals surface area contributed by atoms with Gasteiger partial charge in [-0.15, -0.1) is 0 Å². The molecule has 2 unspecified atom stereocenters. The number of nitrogens with one attached hydrogen (secondary N) is 2. The number of rotatable bonds is 3. The van der Waals surface area contributed by atoms with Crippen LogP contribution in [0, 0.1) is 6.92 Å². The van der Waals surface area contributed by atoms with Crippen LogP contribution in [0.5, 0.6) is 0 Å². The molecule has 2 N–H and O–H groups in total. The number of aryl methyl sites for hydroxylation is 1. The van der Waals surface area contributed by atoms with Crippen LogP contribution in [0.3, 0.4) is 0 Å². The number of nitrogens with zero attached hydrogens (tertiary/aromatic N) is 2. The maximum atomic E-state index is 12.6. The van der Waals surface area contributed by atoms with Gasteiger partial charge in [-0.3, -0.25) is 9.59 Å². The minimum atomic E-state index is -0.313. The molecule has 0 aliphatic carbocycles. The van der Waals surface area contributed by atoms with Gasteiger partial charge in [-0.2, -0.15) is 5.10 Å². The Hall–Kier alpha value is -2.93. The van der Waals surface area contributed by atoms with Crippen molar-refractivity contribution >= 4 is 16.8 Å². The van der Waals surface area contributed by atoms with E-state index in [2.05, 4.69) is 15.4 Å². The second kappa shape index (κ2) is 6.18. The van der Waals surface area contributed by atoms with Gasteiger partial charge in [0, 0.05) is 28.7 Å². The first-order valence-corrected chi connectivity index (χ1v) is 8.14. The Morgan fingerprint density at radius 2 is 2.16 bits per heavy atom. The minimum Gasteiger partial charge on any atom is -0.377 e. The van der Waals surface area contributed by atoms with E-state index in [1.807, 2.05) is 31.3 Å². The molecular formula is C18H18N4O3. The van der Waals surface area contributed by atoms with Gasteiger partial charge < -0.3 is 15.0 Å². The van der Waals surface area contributed by atoms with Crippen LogP contribution >= 0.6 is 0 Å². The lowest BCUT2D eigenvalue weighted by atomic mass is 10.1. The van der Waals surface area contributed by atoms with Crippen molar-refractivity contribution in [3.8, 4) is 0 Å². The number of ether oxygens (including phenoxy) is 1. The van der Waals surface area contributed by atoms with Crippen molar-refractivity contribution in [2.75, 3.05) is 13.2 Å². The first-order chi connectivity index (χ1) is 12.1. The average Bonchev–Trinajstić information content (AvgIpc) is 3.25. The summed E-state index contributed by atoms with van der Waals surface area (Å²) in [6.45, 7) is 2.52. The maximum Gasteiger partial charge on any atom is 0.267 e. The second-order valence-corrected chi connectivity index (χ2v) is 6.22. The highest BCUT2D eigenvalue weighted by atomic mass is 16.5. The summed E-state index contributed by atoms with van der Waals surface area (Å²) in [5.74, 6) is -0.190. The predicted octanol–water partition coefficient (Wildman–Crippen LogP) is 1.40. The Balaban J connectivity index is 1.57. The molecule has 1 aromatic carbocycles. The molecule has 3 aromatic rings. The predicted molar refractivity (Wildman–Crippen MR) is 92.6 cm³/mol. The molecule has 0 saturated carbocycles. The van der Waals surface area contributed by atoms with Crippen LogP contribution in [0.2, 0.25) is 0 Å². The molecule has 3 heterocycles. The van der Waals surface area contributed by atoms with Gasteiger partial charge in [0.1, 0.15) is 6.04 Å². The highest BCUT2D eigenvalue weighted by Gasteiger charge is 2.32. The topological polar surface area (TPSA) is 89.0 Å². The van der Waals surface area contributed by atoms with Crippen molar-refractivity contribution < 1.29 is 9.53 Å². The molecule has 1 amide bonds. The number of aromatic nitrogens is 3. The number of fused-ring (bicyclic) bond motifs is 1. The van der Waals surface area contributed by atoms with Crippen LogP contribution in [0.4, 0.5) is 0 Å². The molecule has 7 nitrogen and oxygen atoms in total. The molecule has 7 heteroatoms. The number of carbonyl (C=O) groups is 1. The molecular weight excluding hydrogens is 320 g/mol. The molecule has 1 aliphatic heterocycles. The molecule has 0 bridgehead atoms. The molecule has 128 valence electrons. The molecule has 1 saturated heterocycles. The quantitative estimate of drug-likeness (QED) is 0.755. The molecule has 2 atom stereocenters. The van der Waals surface area contributed by atoms with E-state index in [0.29, 0.717) is 18.8 Å². The third-order valence-electron chi connectivity index (χ3n) is 4.45. The highest BCUT2D eigenvalue weighted by Crippen LogP contribution is 2.19. The molecule has 1 fully saturated rings. The first kappa shape index (κ1) is 15.6. The Labute approximate surface area is 143 Å². The molecule has 1 aliphatic rings. The highest BCUT2D eigenvalue weighted by molar-refractivity contribution is 5.98. The lowest BCUT2D eigenvalue weighted by Crippen LogP contribution is -2.44. The van der Waals surface area contributed by atoms with Crippen molar-refractivity contribution in [3.63, 3.8) is 0 Å². The first-order valence-electron chi connectivity index (χ1n) is 8.14. The van der Waals surface area contributed by atoms with Gasteiger partial charge in [-0.25, -0.2) is 4.68 Å². The fraction of sp³-hybridized carbons (Fsp3) is 0.278. The Morgan fingerprint density at radius 1 is 1.28 bits per heavy atom. The van der Waals surface area contributed by atoms with Gasteiger partial charge in [-0.05, 0) is 37.3 Å². The van der Waals surface area contributed by atoms with E-state index < -0.39 is 0 Å². The van der Waals surface area contributed by atoms with E-state index in [9.17, 15) is 9.59 Å². The standard InChI is InChI=1S/C18H18N4O3/c1-11-2-5-17(23)22(21-11)16-10-25-9-15(16)20-18(24)13-3-4-14-12(8-13)6-7-19-14/h2-8,15-16,19H,9-10H2,1H3,(H,20,24). The molecule has 25 heavy (non-hydrogen) atoms. The lowest BCUT2D eigenvalue weighted by molar-refractivity contribution is 0.0925. The van der Waals surface area contributed by atoms with Crippen molar-refractivity contribution in [2.24, 2.45) is 0 Å². The van der Waals surface area contributed by atoms with E-state index in [0.717, 1.165) is 16.6 Å².